The zero-order valence-electron chi connectivity index (χ0n) is 17.2. The second-order valence-electron chi connectivity index (χ2n) is 7.38. The van der Waals surface area contributed by atoms with Crippen molar-refractivity contribution >= 4 is 19.4 Å². The van der Waals surface area contributed by atoms with Crippen LogP contribution in [0.1, 0.15) is 83.1 Å². The van der Waals surface area contributed by atoms with E-state index in [1.165, 1.54) is 50.5 Å². The highest BCUT2D eigenvalue weighted by Gasteiger charge is 2.26. The van der Waals surface area contributed by atoms with Crippen LogP contribution in [0.3, 0.4) is 0 Å². The minimum Gasteiger partial charge on any atom is -0.307 e. The standard InChI is InChI=1S/C22H34O.2CH2O/c1-2-3-14-20-15-8-9-16-21(20)18-22(23)17-10-7-13-19-11-5-4-6-12-19;2*1-2/h4-6,11-12,20-21H,2-3,7-10,13-18H2,1H3;2*1H2. The van der Waals surface area contributed by atoms with Crippen molar-refractivity contribution in [2.45, 2.75) is 84.0 Å². The highest BCUT2D eigenvalue weighted by Crippen LogP contribution is 2.36. The lowest BCUT2D eigenvalue weighted by Gasteiger charge is -2.31. The van der Waals surface area contributed by atoms with Gasteiger partial charge in [0.15, 0.2) is 0 Å². The maximum atomic E-state index is 12.3. The summed E-state index contributed by atoms with van der Waals surface area (Å²) in [6.45, 7) is 6.27. The Hall–Kier alpha value is -1.77. The number of Topliss-reactive ketones (excluding diaryl/α,β-unsaturated/α-hetero) is 1. The highest BCUT2D eigenvalue weighted by atomic mass is 16.1. The van der Waals surface area contributed by atoms with E-state index < -0.39 is 0 Å². The van der Waals surface area contributed by atoms with Crippen LogP contribution in [0.5, 0.6) is 0 Å². The van der Waals surface area contributed by atoms with E-state index in [1.54, 1.807) is 0 Å². The molecule has 2 rings (SSSR count). The third-order valence-corrected chi connectivity index (χ3v) is 5.50. The number of benzene rings is 1. The van der Waals surface area contributed by atoms with Crippen LogP contribution in [0.4, 0.5) is 0 Å². The third kappa shape index (κ3) is 11.5. The monoisotopic (exact) mass is 374 g/mol. The lowest BCUT2D eigenvalue weighted by atomic mass is 9.74. The van der Waals surface area contributed by atoms with Gasteiger partial charge in [-0.25, -0.2) is 0 Å². The summed E-state index contributed by atoms with van der Waals surface area (Å²) in [5, 5.41) is 0. The van der Waals surface area contributed by atoms with Crippen LogP contribution in [-0.4, -0.2) is 19.4 Å². The lowest BCUT2D eigenvalue weighted by Crippen LogP contribution is -2.22. The molecule has 1 aliphatic carbocycles. The maximum absolute atomic E-state index is 12.3. The second kappa shape index (κ2) is 17.6. The first-order valence-electron chi connectivity index (χ1n) is 10.4. The first-order valence-corrected chi connectivity index (χ1v) is 10.4. The van der Waals surface area contributed by atoms with Crippen LogP contribution < -0.4 is 0 Å². The van der Waals surface area contributed by atoms with Crippen molar-refractivity contribution in [2.24, 2.45) is 11.8 Å². The minimum absolute atomic E-state index is 0.520. The molecular formula is C24H38O3. The SMILES string of the molecule is C=O.C=O.CCCCC1CCCCC1CC(=O)CCCCc1ccccc1. The molecule has 3 heteroatoms. The number of carbonyl (C=O) groups is 3. The average Bonchev–Trinajstić information content (AvgIpc) is 2.74. The van der Waals surface area contributed by atoms with Gasteiger partial charge in [0.05, 0.1) is 0 Å². The van der Waals surface area contributed by atoms with Gasteiger partial charge in [0.1, 0.15) is 19.4 Å². The van der Waals surface area contributed by atoms with E-state index in [-0.39, 0.29) is 0 Å². The van der Waals surface area contributed by atoms with Gasteiger partial charge in [0, 0.05) is 12.8 Å². The van der Waals surface area contributed by atoms with Crippen LogP contribution >= 0.6 is 0 Å². The van der Waals surface area contributed by atoms with Crippen molar-refractivity contribution < 1.29 is 14.4 Å². The van der Waals surface area contributed by atoms with Gasteiger partial charge in [0.2, 0.25) is 0 Å². The second-order valence-corrected chi connectivity index (χ2v) is 7.38. The Kier molecular flexibility index (Phi) is 16.5. The van der Waals surface area contributed by atoms with E-state index in [1.807, 2.05) is 13.6 Å². The molecule has 0 heterocycles. The van der Waals surface area contributed by atoms with E-state index in [2.05, 4.69) is 37.3 Å². The van der Waals surface area contributed by atoms with Crippen LogP contribution in [-0.2, 0) is 20.8 Å². The highest BCUT2D eigenvalue weighted by molar-refractivity contribution is 5.78. The number of aryl methyl sites for hydroxylation is 1. The smallest absolute Gasteiger partial charge is 0.133 e. The van der Waals surface area contributed by atoms with Gasteiger partial charge < -0.3 is 9.59 Å². The molecule has 0 amide bonds. The first-order chi connectivity index (χ1) is 13.3. The van der Waals surface area contributed by atoms with Gasteiger partial charge in [-0.3, -0.25) is 4.79 Å². The molecule has 0 spiro atoms. The number of rotatable bonds is 10. The Balaban J connectivity index is 0.00000158. The molecular weight excluding hydrogens is 336 g/mol. The molecule has 1 saturated carbocycles. The van der Waals surface area contributed by atoms with E-state index in [9.17, 15) is 4.79 Å². The molecule has 1 fully saturated rings. The fraction of sp³-hybridized carbons (Fsp3) is 0.625. The van der Waals surface area contributed by atoms with Crippen molar-refractivity contribution in [3.8, 4) is 0 Å². The van der Waals surface area contributed by atoms with Gasteiger partial charge >= 0.3 is 0 Å². The van der Waals surface area contributed by atoms with Crippen LogP contribution in [0.15, 0.2) is 30.3 Å². The predicted molar refractivity (Wildman–Crippen MR) is 113 cm³/mol. The molecule has 1 aliphatic rings. The van der Waals surface area contributed by atoms with Crippen LogP contribution in [0.25, 0.3) is 0 Å². The molecule has 0 radical (unpaired) electrons. The maximum Gasteiger partial charge on any atom is 0.133 e. The number of hydrogen-bond donors (Lipinski definition) is 0. The molecule has 3 nitrogen and oxygen atoms in total. The van der Waals surface area contributed by atoms with E-state index >= 15 is 0 Å². The molecule has 27 heavy (non-hydrogen) atoms. The lowest BCUT2D eigenvalue weighted by molar-refractivity contribution is -0.120. The Bertz CT molecular complexity index is 470. The summed E-state index contributed by atoms with van der Waals surface area (Å²) in [6, 6.07) is 10.6. The molecule has 152 valence electrons. The van der Waals surface area contributed by atoms with Gasteiger partial charge in [0.25, 0.3) is 0 Å². The Morgan fingerprint density at radius 3 is 2.19 bits per heavy atom. The van der Waals surface area contributed by atoms with E-state index in [0.717, 1.165) is 38.0 Å². The fourth-order valence-corrected chi connectivity index (χ4v) is 4.09. The molecule has 0 aromatic heterocycles. The predicted octanol–water partition coefficient (Wildman–Crippen LogP) is 5.99. The molecule has 2 atom stereocenters. The van der Waals surface area contributed by atoms with E-state index in [0.29, 0.717) is 11.7 Å². The summed E-state index contributed by atoms with van der Waals surface area (Å²) in [6.07, 6.45) is 14.3. The van der Waals surface area contributed by atoms with Crippen molar-refractivity contribution in [3.05, 3.63) is 35.9 Å². The Morgan fingerprint density at radius 2 is 1.56 bits per heavy atom. The topological polar surface area (TPSA) is 51.2 Å². The number of hydrogen-bond acceptors (Lipinski definition) is 3. The van der Waals surface area contributed by atoms with Crippen LogP contribution in [0, 0.1) is 11.8 Å². The normalized spacial score (nSPS) is 18.4. The quantitative estimate of drug-likeness (QED) is 0.473. The van der Waals surface area contributed by atoms with Gasteiger partial charge in [-0.05, 0) is 43.1 Å². The summed E-state index contributed by atoms with van der Waals surface area (Å²) in [5.41, 5.74) is 1.40. The molecule has 2 unspecified atom stereocenters. The van der Waals surface area contributed by atoms with Crippen molar-refractivity contribution in [1.82, 2.24) is 0 Å². The van der Waals surface area contributed by atoms with Crippen molar-refractivity contribution in [2.75, 3.05) is 0 Å². The Labute approximate surface area is 165 Å². The van der Waals surface area contributed by atoms with Gasteiger partial charge in [-0.2, -0.15) is 0 Å². The van der Waals surface area contributed by atoms with Crippen molar-refractivity contribution in [1.29, 1.82) is 0 Å². The average molecular weight is 375 g/mol. The number of carbonyl (C=O) groups excluding carboxylic acids is 3. The van der Waals surface area contributed by atoms with E-state index in [4.69, 9.17) is 9.59 Å². The Morgan fingerprint density at radius 1 is 0.926 bits per heavy atom. The largest absolute Gasteiger partial charge is 0.307 e. The zero-order valence-corrected chi connectivity index (χ0v) is 17.2. The minimum atomic E-state index is 0.520. The summed E-state index contributed by atoms with van der Waals surface area (Å²) in [5.74, 6) is 2.04. The molecule has 0 saturated heterocycles. The zero-order chi connectivity index (χ0) is 20.3. The molecule has 1 aromatic carbocycles. The fourth-order valence-electron chi connectivity index (χ4n) is 4.09. The third-order valence-electron chi connectivity index (χ3n) is 5.50. The summed E-state index contributed by atoms with van der Waals surface area (Å²) >= 11 is 0. The molecule has 0 aliphatic heterocycles. The van der Waals surface area contributed by atoms with Gasteiger partial charge in [-0.1, -0.05) is 75.8 Å². The summed E-state index contributed by atoms with van der Waals surface area (Å²) in [4.78, 5) is 28.3. The number of ketones is 1. The molecule has 1 aromatic rings. The van der Waals surface area contributed by atoms with Gasteiger partial charge in [-0.15, -0.1) is 0 Å². The summed E-state index contributed by atoms with van der Waals surface area (Å²) in [7, 11) is 0. The van der Waals surface area contributed by atoms with Crippen LogP contribution in [0.2, 0.25) is 0 Å². The first kappa shape index (κ1) is 25.2. The van der Waals surface area contributed by atoms with Crippen molar-refractivity contribution in [3.63, 3.8) is 0 Å². The number of unbranched alkanes of at least 4 members (excludes halogenated alkanes) is 2. The summed E-state index contributed by atoms with van der Waals surface area (Å²) < 4.78 is 0. The molecule has 0 bridgehead atoms. The molecule has 0 N–H and O–H groups in total.